The molecule has 0 aliphatic carbocycles. The zero-order valence-electron chi connectivity index (χ0n) is 12.8. The van der Waals surface area contributed by atoms with Gasteiger partial charge in [-0.3, -0.25) is 0 Å². The number of halogens is 3. The number of fused-ring (bicyclic) bond motifs is 1. The van der Waals surface area contributed by atoms with Crippen molar-refractivity contribution in [3.8, 4) is 0 Å². The van der Waals surface area contributed by atoms with Gasteiger partial charge in [-0.25, -0.2) is 0 Å². The Hall–Kier alpha value is -2.62. The number of hydrogen-bond acceptors (Lipinski definition) is 6. The molecule has 7 nitrogen and oxygen atoms in total. The number of rotatable bonds is 4. The van der Waals surface area contributed by atoms with E-state index in [0.717, 1.165) is 0 Å². The van der Waals surface area contributed by atoms with E-state index in [9.17, 15) is 18.3 Å². The van der Waals surface area contributed by atoms with Crippen LogP contribution in [-0.4, -0.2) is 31.5 Å². The van der Waals surface area contributed by atoms with Gasteiger partial charge in [0.25, 0.3) is 5.82 Å². The third kappa shape index (κ3) is 2.80. The number of nitrogens with one attached hydrogen (secondary N) is 1. The second-order valence-corrected chi connectivity index (χ2v) is 5.27. The van der Waals surface area contributed by atoms with Gasteiger partial charge in [0.2, 0.25) is 0 Å². The largest absolute Gasteiger partial charge is 0.467 e. The summed E-state index contributed by atoms with van der Waals surface area (Å²) in [7, 11) is 0. The molecule has 0 spiro atoms. The van der Waals surface area contributed by atoms with Crippen LogP contribution in [0.3, 0.4) is 0 Å². The van der Waals surface area contributed by atoms with Gasteiger partial charge >= 0.3 is 6.18 Å². The van der Waals surface area contributed by atoms with Crippen LogP contribution in [0, 0.1) is 13.8 Å². The zero-order chi connectivity index (χ0) is 17.5. The van der Waals surface area contributed by atoms with Crippen LogP contribution in [0.15, 0.2) is 22.8 Å². The van der Waals surface area contributed by atoms with Crippen molar-refractivity contribution in [2.45, 2.75) is 26.1 Å². The Morgan fingerprint density at radius 2 is 2.04 bits per heavy atom. The first-order chi connectivity index (χ1) is 11.3. The molecule has 3 heterocycles. The fourth-order valence-corrected chi connectivity index (χ4v) is 2.25. The van der Waals surface area contributed by atoms with E-state index in [2.05, 4.69) is 20.6 Å². The summed E-state index contributed by atoms with van der Waals surface area (Å²) >= 11 is 0. The summed E-state index contributed by atoms with van der Waals surface area (Å²) in [6.45, 7) is 3.36. The van der Waals surface area contributed by atoms with Gasteiger partial charge in [0.15, 0.2) is 5.65 Å². The SMILES string of the molecule is Cc1c(NCC(O)c2ccco2)nn2c(C(F)(F)F)nnc2c1C. The third-order valence-electron chi connectivity index (χ3n) is 3.68. The molecular weight excluding hydrogens is 327 g/mol. The summed E-state index contributed by atoms with van der Waals surface area (Å²) in [4.78, 5) is 0. The van der Waals surface area contributed by atoms with E-state index < -0.39 is 18.1 Å². The highest BCUT2D eigenvalue weighted by Gasteiger charge is 2.38. The molecule has 0 radical (unpaired) electrons. The van der Waals surface area contributed by atoms with Crippen LogP contribution in [0.2, 0.25) is 0 Å². The Kier molecular flexibility index (Phi) is 3.91. The lowest BCUT2D eigenvalue weighted by Crippen LogP contribution is -2.17. The van der Waals surface area contributed by atoms with Crippen molar-refractivity contribution in [3.63, 3.8) is 0 Å². The normalized spacial score (nSPS) is 13.4. The average Bonchev–Trinajstić information content (AvgIpc) is 3.17. The maximum absolute atomic E-state index is 13.0. The number of nitrogens with zero attached hydrogens (tertiary/aromatic N) is 4. The van der Waals surface area contributed by atoms with Gasteiger partial charge in [0.05, 0.1) is 6.26 Å². The fraction of sp³-hybridized carbons (Fsp3) is 0.357. The molecule has 0 fully saturated rings. The smallest absolute Gasteiger partial charge is 0.453 e. The number of aliphatic hydroxyl groups excluding tert-OH is 1. The van der Waals surface area contributed by atoms with Crippen LogP contribution < -0.4 is 5.32 Å². The minimum absolute atomic E-state index is 0.0236. The molecule has 3 aromatic heterocycles. The lowest BCUT2D eigenvalue weighted by Gasteiger charge is -2.14. The van der Waals surface area contributed by atoms with Gasteiger partial charge in [-0.2, -0.15) is 17.7 Å². The molecule has 0 aliphatic heterocycles. The van der Waals surface area contributed by atoms with E-state index in [1.165, 1.54) is 6.26 Å². The standard InChI is InChI=1S/C14H14F3N5O2/c1-7-8(2)12-19-20-13(14(15,16)17)22(12)21-11(7)18-6-9(23)10-4-3-5-24-10/h3-5,9,23H,6H2,1-2H3,(H,18,21). The number of aliphatic hydroxyl groups is 1. The van der Waals surface area contributed by atoms with Crippen molar-refractivity contribution < 1.29 is 22.7 Å². The van der Waals surface area contributed by atoms with E-state index in [4.69, 9.17) is 4.42 Å². The van der Waals surface area contributed by atoms with E-state index >= 15 is 0 Å². The number of aryl methyl sites for hydroxylation is 1. The molecule has 0 aliphatic rings. The summed E-state index contributed by atoms with van der Waals surface area (Å²) in [6.07, 6.45) is -4.20. The number of anilines is 1. The number of alkyl halides is 3. The van der Waals surface area contributed by atoms with Gasteiger partial charge in [-0.1, -0.05) is 0 Å². The monoisotopic (exact) mass is 341 g/mol. The molecule has 0 saturated carbocycles. The van der Waals surface area contributed by atoms with E-state index in [1.54, 1.807) is 26.0 Å². The first-order valence-electron chi connectivity index (χ1n) is 7.04. The van der Waals surface area contributed by atoms with Gasteiger partial charge < -0.3 is 14.8 Å². The topological polar surface area (TPSA) is 88.5 Å². The van der Waals surface area contributed by atoms with Gasteiger partial charge in [0.1, 0.15) is 17.7 Å². The van der Waals surface area contributed by atoms with Crippen LogP contribution in [-0.2, 0) is 6.18 Å². The minimum Gasteiger partial charge on any atom is -0.467 e. The Morgan fingerprint density at radius 1 is 1.29 bits per heavy atom. The lowest BCUT2D eigenvalue weighted by atomic mass is 10.2. The molecule has 1 unspecified atom stereocenters. The van der Waals surface area contributed by atoms with Crippen LogP contribution in [0.5, 0.6) is 0 Å². The molecule has 2 N–H and O–H groups in total. The van der Waals surface area contributed by atoms with Crippen LogP contribution >= 0.6 is 0 Å². The van der Waals surface area contributed by atoms with Gasteiger partial charge in [-0.15, -0.1) is 15.3 Å². The quantitative estimate of drug-likeness (QED) is 0.758. The molecule has 0 amide bonds. The molecule has 0 bridgehead atoms. The second kappa shape index (κ2) is 5.78. The predicted octanol–water partition coefficient (Wildman–Crippen LogP) is 2.50. The Bertz CT molecular complexity index is 858. The fourth-order valence-electron chi connectivity index (χ4n) is 2.25. The molecule has 0 aromatic carbocycles. The third-order valence-corrected chi connectivity index (χ3v) is 3.68. The summed E-state index contributed by atoms with van der Waals surface area (Å²) < 4.78 is 44.7. The first-order valence-corrected chi connectivity index (χ1v) is 7.04. The summed E-state index contributed by atoms with van der Waals surface area (Å²) in [5.74, 6) is -0.649. The Balaban J connectivity index is 1.94. The van der Waals surface area contributed by atoms with Crippen LogP contribution in [0.25, 0.3) is 5.65 Å². The minimum atomic E-state index is -4.67. The summed E-state index contributed by atoms with van der Waals surface area (Å²) in [5.41, 5.74) is 1.18. The van der Waals surface area contributed by atoms with E-state index in [1.807, 2.05) is 0 Å². The van der Waals surface area contributed by atoms with E-state index in [0.29, 0.717) is 21.4 Å². The second-order valence-electron chi connectivity index (χ2n) is 5.27. The average molecular weight is 341 g/mol. The maximum atomic E-state index is 13.0. The molecule has 3 aromatic rings. The molecule has 1 atom stereocenters. The van der Waals surface area contributed by atoms with Crippen molar-refractivity contribution in [2.24, 2.45) is 0 Å². The van der Waals surface area contributed by atoms with Crippen molar-refractivity contribution in [2.75, 3.05) is 11.9 Å². The van der Waals surface area contributed by atoms with Crippen LogP contribution in [0.4, 0.5) is 19.0 Å². The van der Waals surface area contributed by atoms with Crippen molar-refractivity contribution >= 4 is 11.5 Å². The predicted molar refractivity (Wildman–Crippen MR) is 77.4 cm³/mol. The number of aromatic nitrogens is 4. The Labute approximate surface area is 134 Å². The van der Waals surface area contributed by atoms with Crippen molar-refractivity contribution in [1.29, 1.82) is 0 Å². The Morgan fingerprint density at radius 3 is 2.67 bits per heavy atom. The zero-order valence-corrected chi connectivity index (χ0v) is 12.8. The number of hydrogen-bond donors (Lipinski definition) is 2. The molecular formula is C14H14F3N5O2. The molecule has 3 rings (SSSR count). The van der Waals surface area contributed by atoms with Gasteiger partial charge in [0, 0.05) is 12.1 Å². The molecule has 128 valence electrons. The highest BCUT2D eigenvalue weighted by molar-refractivity contribution is 5.58. The highest BCUT2D eigenvalue weighted by atomic mass is 19.4. The lowest BCUT2D eigenvalue weighted by molar-refractivity contribution is -0.146. The van der Waals surface area contributed by atoms with Crippen LogP contribution in [0.1, 0.15) is 28.8 Å². The van der Waals surface area contributed by atoms with Gasteiger partial charge in [-0.05, 0) is 31.5 Å². The van der Waals surface area contributed by atoms with Crippen molar-refractivity contribution in [3.05, 3.63) is 41.1 Å². The summed E-state index contributed by atoms with van der Waals surface area (Å²) in [6, 6.07) is 3.23. The molecule has 10 heteroatoms. The maximum Gasteiger partial charge on any atom is 0.453 e. The van der Waals surface area contributed by atoms with Crippen molar-refractivity contribution in [1.82, 2.24) is 19.8 Å². The number of furan rings is 1. The summed E-state index contributed by atoms with van der Waals surface area (Å²) in [5, 5.41) is 23.5. The molecule has 24 heavy (non-hydrogen) atoms. The first kappa shape index (κ1) is 16.2. The highest BCUT2D eigenvalue weighted by Crippen LogP contribution is 2.29. The van der Waals surface area contributed by atoms with E-state index in [-0.39, 0.29) is 18.0 Å². The molecule has 0 saturated heterocycles.